The Labute approximate surface area is 158 Å². The van der Waals surface area contributed by atoms with Crippen LogP contribution in [0.4, 0.5) is 5.69 Å². The van der Waals surface area contributed by atoms with Gasteiger partial charge in [-0.25, -0.2) is 0 Å². The predicted molar refractivity (Wildman–Crippen MR) is 102 cm³/mol. The molecule has 8 nitrogen and oxygen atoms in total. The SMILES string of the molecule is O=C(O)C[C@H]1S/C(=N/N=C/c2ccccc2O)N(c2ccc(O)cc2)C1=O. The molecule has 9 heteroatoms. The third-order valence-electron chi connectivity index (χ3n) is 3.68. The number of nitrogens with zero attached hydrogens (tertiary/aromatic N) is 3. The van der Waals surface area contributed by atoms with Gasteiger partial charge in [-0.2, -0.15) is 5.10 Å². The van der Waals surface area contributed by atoms with Crippen molar-refractivity contribution >= 4 is 40.7 Å². The van der Waals surface area contributed by atoms with E-state index < -0.39 is 17.1 Å². The predicted octanol–water partition coefficient (Wildman–Crippen LogP) is 2.41. The van der Waals surface area contributed by atoms with Crippen LogP contribution in [0.1, 0.15) is 12.0 Å². The van der Waals surface area contributed by atoms with Crippen LogP contribution in [0.25, 0.3) is 0 Å². The summed E-state index contributed by atoms with van der Waals surface area (Å²) in [5, 5.41) is 35.5. The standard InChI is InChI=1S/C18H15N3O5S/c22-13-7-5-12(6-8-13)21-17(26)15(9-16(24)25)27-18(21)20-19-10-11-3-1-2-4-14(11)23/h1-8,10,15,22-23H,9H2,(H,24,25)/b19-10+,20-18+/t15-/m1/s1. The van der Waals surface area contributed by atoms with Crippen molar-refractivity contribution < 1.29 is 24.9 Å². The van der Waals surface area contributed by atoms with Crippen LogP contribution < -0.4 is 4.90 Å². The van der Waals surface area contributed by atoms with Crippen molar-refractivity contribution in [2.45, 2.75) is 11.7 Å². The van der Waals surface area contributed by atoms with Gasteiger partial charge in [-0.05, 0) is 36.4 Å². The highest BCUT2D eigenvalue weighted by Gasteiger charge is 2.40. The van der Waals surface area contributed by atoms with Gasteiger partial charge in [0.2, 0.25) is 5.91 Å². The van der Waals surface area contributed by atoms with Crippen LogP contribution in [0.15, 0.2) is 58.7 Å². The lowest BCUT2D eigenvalue weighted by Crippen LogP contribution is -2.32. The quantitative estimate of drug-likeness (QED) is 0.536. The third-order valence-corrected chi connectivity index (χ3v) is 4.81. The number of benzene rings is 2. The van der Waals surface area contributed by atoms with Crippen LogP contribution in [0.3, 0.4) is 0 Å². The second-order valence-corrected chi connectivity index (χ2v) is 6.75. The molecule has 0 unspecified atom stereocenters. The van der Waals surface area contributed by atoms with E-state index in [-0.39, 0.29) is 23.1 Å². The van der Waals surface area contributed by atoms with Crippen molar-refractivity contribution in [1.29, 1.82) is 0 Å². The van der Waals surface area contributed by atoms with Gasteiger partial charge in [0.1, 0.15) is 16.7 Å². The topological polar surface area (TPSA) is 123 Å². The van der Waals surface area contributed by atoms with Crippen LogP contribution in [-0.4, -0.2) is 43.8 Å². The molecule has 3 rings (SSSR count). The van der Waals surface area contributed by atoms with Crippen molar-refractivity contribution in [3.63, 3.8) is 0 Å². The third kappa shape index (κ3) is 4.26. The van der Waals surface area contributed by atoms with E-state index >= 15 is 0 Å². The Bertz CT molecular complexity index is 927. The zero-order chi connectivity index (χ0) is 19.4. The smallest absolute Gasteiger partial charge is 0.305 e. The zero-order valence-corrected chi connectivity index (χ0v) is 14.7. The second-order valence-electron chi connectivity index (χ2n) is 5.58. The molecule has 0 aliphatic carbocycles. The highest BCUT2D eigenvalue weighted by Crippen LogP contribution is 2.34. The molecular weight excluding hydrogens is 370 g/mol. The summed E-state index contributed by atoms with van der Waals surface area (Å²) in [5.74, 6) is -1.44. The van der Waals surface area contributed by atoms with E-state index in [2.05, 4.69) is 10.2 Å². The maximum absolute atomic E-state index is 12.6. The van der Waals surface area contributed by atoms with Crippen LogP contribution in [0, 0.1) is 0 Å². The molecule has 27 heavy (non-hydrogen) atoms. The molecule has 0 bridgehead atoms. The Hall–Kier alpha value is -3.33. The number of carbonyl (C=O) groups is 2. The number of phenols is 2. The first-order valence-electron chi connectivity index (χ1n) is 7.86. The second kappa shape index (κ2) is 7.92. The van der Waals surface area contributed by atoms with Crippen LogP contribution in [0.5, 0.6) is 11.5 Å². The number of carboxylic acid groups (broad SMARTS) is 1. The molecule has 0 spiro atoms. The summed E-state index contributed by atoms with van der Waals surface area (Å²) >= 11 is 1.00. The van der Waals surface area contributed by atoms with Gasteiger partial charge in [0.15, 0.2) is 5.17 Å². The Morgan fingerprint density at radius 2 is 1.85 bits per heavy atom. The minimum Gasteiger partial charge on any atom is -0.508 e. The van der Waals surface area contributed by atoms with Gasteiger partial charge >= 0.3 is 5.97 Å². The van der Waals surface area contributed by atoms with Crippen molar-refractivity contribution in [3.8, 4) is 11.5 Å². The number of carboxylic acids is 1. The molecule has 0 radical (unpaired) electrons. The Morgan fingerprint density at radius 1 is 1.15 bits per heavy atom. The van der Waals surface area contributed by atoms with Crippen molar-refractivity contribution in [2.75, 3.05) is 4.90 Å². The highest BCUT2D eigenvalue weighted by atomic mass is 32.2. The van der Waals surface area contributed by atoms with E-state index in [0.717, 1.165) is 11.8 Å². The molecule has 1 atom stereocenters. The summed E-state index contributed by atoms with van der Waals surface area (Å²) in [6.45, 7) is 0. The number of amides is 1. The lowest BCUT2D eigenvalue weighted by Gasteiger charge is -2.15. The van der Waals surface area contributed by atoms with Gasteiger partial charge in [-0.3, -0.25) is 14.5 Å². The van der Waals surface area contributed by atoms with E-state index in [1.165, 1.54) is 41.4 Å². The highest BCUT2D eigenvalue weighted by molar-refractivity contribution is 8.16. The molecule has 1 aliphatic heterocycles. The van der Waals surface area contributed by atoms with Crippen LogP contribution in [-0.2, 0) is 9.59 Å². The lowest BCUT2D eigenvalue weighted by atomic mass is 10.2. The van der Waals surface area contributed by atoms with Gasteiger partial charge in [0, 0.05) is 5.56 Å². The molecule has 2 aromatic carbocycles. The number of amidine groups is 1. The van der Waals surface area contributed by atoms with Gasteiger partial charge in [0.05, 0.1) is 18.3 Å². The zero-order valence-electron chi connectivity index (χ0n) is 13.9. The van der Waals surface area contributed by atoms with Crippen LogP contribution >= 0.6 is 11.8 Å². The minimum atomic E-state index is -1.09. The van der Waals surface area contributed by atoms with Gasteiger partial charge in [0.25, 0.3) is 0 Å². The molecule has 1 saturated heterocycles. The van der Waals surface area contributed by atoms with E-state index in [1.54, 1.807) is 18.2 Å². The van der Waals surface area contributed by atoms with Crippen molar-refractivity contribution in [2.24, 2.45) is 10.2 Å². The molecular formula is C18H15N3O5S. The molecule has 2 aromatic rings. The summed E-state index contributed by atoms with van der Waals surface area (Å²) in [6, 6.07) is 12.4. The molecule has 1 amide bonds. The number of thioether (sulfide) groups is 1. The summed E-state index contributed by atoms with van der Waals surface area (Å²) in [5.41, 5.74) is 0.893. The maximum atomic E-state index is 12.6. The molecule has 0 saturated carbocycles. The number of carbonyl (C=O) groups excluding carboxylic acids is 1. The molecule has 0 aromatic heterocycles. The largest absolute Gasteiger partial charge is 0.508 e. The fraction of sp³-hybridized carbons (Fsp3) is 0.111. The summed E-state index contributed by atoms with van der Waals surface area (Å²) in [6.07, 6.45) is 0.993. The van der Waals surface area contributed by atoms with E-state index in [1.807, 2.05) is 0 Å². The Balaban J connectivity index is 1.91. The number of para-hydroxylation sites is 1. The minimum absolute atomic E-state index is 0.0377. The number of hydrogen-bond donors (Lipinski definition) is 3. The van der Waals surface area contributed by atoms with E-state index in [0.29, 0.717) is 11.3 Å². The maximum Gasteiger partial charge on any atom is 0.305 e. The van der Waals surface area contributed by atoms with Gasteiger partial charge < -0.3 is 15.3 Å². The molecule has 1 heterocycles. The van der Waals surface area contributed by atoms with Gasteiger partial charge in [-0.15, -0.1) is 5.10 Å². The fourth-order valence-electron chi connectivity index (χ4n) is 2.40. The number of hydrogen-bond acceptors (Lipinski definition) is 7. The molecule has 138 valence electrons. The van der Waals surface area contributed by atoms with Crippen molar-refractivity contribution in [1.82, 2.24) is 0 Å². The number of aromatic hydroxyl groups is 2. The first kappa shape index (κ1) is 18.5. The average molecular weight is 385 g/mol. The van der Waals surface area contributed by atoms with E-state index in [4.69, 9.17) is 5.11 Å². The van der Waals surface area contributed by atoms with E-state index in [9.17, 15) is 19.8 Å². The van der Waals surface area contributed by atoms with Gasteiger partial charge in [-0.1, -0.05) is 23.9 Å². The number of phenolic OH excluding ortho intramolecular Hbond substituents is 2. The normalized spacial score (nSPS) is 18.5. The summed E-state index contributed by atoms with van der Waals surface area (Å²) in [7, 11) is 0. The first-order valence-corrected chi connectivity index (χ1v) is 8.74. The first-order chi connectivity index (χ1) is 13.0. The Kier molecular flexibility index (Phi) is 5.41. The number of anilines is 1. The van der Waals surface area contributed by atoms with Crippen LogP contribution in [0.2, 0.25) is 0 Å². The number of aliphatic carboxylic acids is 1. The molecule has 3 N–H and O–H groups in total. The lowest BCUT2D eigenvalue weighted by molar-refractivity contribution is -0.138. The van der Waals surface area contributed by atoms with Crippen molar-refractivity contribution in [3.05, 3.63) is 54.1 Å². The molecule has 1 fully saturated rings. The Morgan fingerprint density at radius 3 is 2.52 bits per heavy atom. The number of rotatable bonds is 5. The molecule has 1 aliphatic rings. The summed E-state index contributed by atoms with van der Waals surface area (Å²) in [4.78, 5) is 24.9. The fourth-order valence-corrected chi connectivity index (χ4v) is 3.48. The summed E-state index contributed by atoms with van der Waals surface area (Å²) < 4.78 is 0. The monoisotopic (exact) mass is 385 g/mol. The average Bonchev–Trinajstić information content (AvgIpc) is 2.92.